The molecule has 0 N–H and O–H groups in total. The number of likely N-dealkylation sites (tertiary alicyclic amines) is 2. The van der Waals surface area contributed by atoms with E-state index in [2.05, 4.69) is 179 Å². The number of benzene rings is 1. The molecule has 53 heavy (non-hydrogen) atoms. The Labute approximate surface area is 351 Å². The van der Waals surface area contributed by atoms with E-state index in [1.807, 2.05) is 0 Å². The van der Waals surface area contributed by atoms with Crippen LogP contribution < -0.4 is 0 Å². The van der Waals surface area contributed by atoms with Crippen LogP contribution in [0.4, 0.5) is 0 Å². The third-order valence-electron chi connectivity index (χ3n) is 9.72. The molecule has 3 rings (SSSR count). The van der Waals surface area contributed by atoms with Crippen molar-refractivity contribution in [3.05, 3.63) is 49.7 Å². The summed E-state index contributed by atoms with van der Waals surface area (Å²) in [6, 6.07) is 10.6. The summed E-state index contributed by atoms with van der Waals surface area (Å²) in [5.41, 5.74) is 3.79. The topological polar surface area (TPSA) is 6.48 Å². The molecule has 0 saturated carbocycles. The zero-order valence-electron chi connectivity index (χ0n) is 39.6. The van der Waals surface area contributed by atoms with Gasteiger partial charge in [-0.3, -0.25) is 0 Å². The van der Waals surface area contributed by atoms with E-state index in [0.29, 0.717) is 27.1 Å². The Hall–Kier alpha value is -0.172. The van der Waals surface area contributed by atoms with Crippen molar-refractivity contribution in [2.45, 2.75) is 189 Å². The summed E-state index contributed by atoms with van der Waals surface area (Å²) >= 11 is 0. The Kier molecular flexibility index (Phi) is 30.5. The molecule has 1 aromatic carbocycles. The maximum absolute atomic E-state index is 3.79. The number of unbranched alkanes of at least 4 members (excludes halogenated alkanes) is 1. The van der Waals surface area contributed by atoms with Crippen molar-refractivity contribution in [3.63, 3.8) is 0 Å². The first-order valence-electron chi connectivity index (χ1n) is 21.7. The number of piperidine rings is 2. The van der Waals surface area contributed by atoms with Gasteiger partial charge in [-0.2, -0.15) is 12.8 Å². The molecule has 2 fully saturated rings. The quantitative estimate of drug-likeness (QED) is 0.252. The van der Waals surface area contributed by atoms with Crippen LogP contribution in [-0.4, -0.2) is 49.1 Å². The Morgan fingerprint density at radius 2 is 0.925 bits per heavy atom. The van der Waals surface area contributed by atoms with Gasteiger partial charge in [-0.15, -0.1) is 0 Å². The molecule has 314 valence electrons. The van der Waals surface area contributed by atoms with Crippen molar-refractivity contribution >= 4 is 0 Å². The summed E-state index contributed by atoms with van der Waals surface area (Å²) in [5, 5.41) is 0. The van der Waals surface area contributed by atoms with E-state index in [1.54, 1.807) is 0 Å². The number of rotatable bonds is 7. The van der Waals surface area contributed by atoms with Crippen LogP contribution in [0.2, 0.25) is 0 Å². The predicted molar refractivity (Wildman–Crippen MR) is 240 cm³/mol. The van der Waals surface area contributed by atoms with Crippen molar-refractivity contribution in [1.82, 2.24) is 9.80 Å². The van der Waals surface area contributed by atoms with Crippen LogP contribution >= 0.6 is 0 Å². The molecule has 2 heterocycles. The van der Waals surface area contributed by atoms with E-state index in [4.69, 9.17) is 0 Å². The third kappa shape index (κ3) is 39.8. The normalized spacial score (nSPS) is 16.8. The first-order valence-corrected chi connectivity index (χ1v) is 21.7. The monoisotopic (exact) mass is 911 g/mol. The van der Waals surface area contributed by atoms with Gasteiger partial charge in [-0.1, -0.05) is 180 Å². The van der Waals surface area contributed by atoms with Gasteiger partial charge in [0.05, 0.1) is 0 Å². The standard InChI is InChI=1S/C20H40N2.C11H16.C8H17.C6H14.C5H11.W/c1-19(2,3)15-21-11-7-17(8-12-21)18-9-13-22(14-10-18)16-20(4,5)6;1-11(2,3)9-10-7-5-4-6-8-10;1-5-6-7-8(2,3)4;1-5-6(2,3)4;1-4-5(2)3;/h17-18H,7-16H2,1-6H3;4-8H,9H2,1-3H3;1,5-7H2,2-4H3;5H2,1-4H3;5H,1,4H2,2-3H3;/q;;-1;;-1;+2. The second-order valence-corrected chi connectivity index (χ2v) is 22.7. The third-order valence-corrected chi connectivity index (χ3v) is 9.72. The molecule has 0 aromatic heterocycles. The molecule has 3 heteroatoms. The Morgan fingerprint density at radius 1 is 0.585 bits per heavy atom. The molecular formula is C50H98N2W. The van der Waals surface area contributed by atoms with E-state index < -0.39 is 0 Å². The number of hydrogen-bond acceptors (Lipinski definition) is 2. The van der Waals surface area contributed by atoms with Crippen LogP contribution in [0.5, 0.6) is 0 Å². The molecule has 0 bridgehead atoms. The molecule has 0 unspecified atom stereocenters. The van der Waals surface area contributed by atoms with Gasteiger partial charge in [-0.25, -0.2) is 0 Å². The molecule has 0 atom stereocenters. The van der Waals surface area contributed by atoms with Crippen molar-refractivity contribution < 1.29 is 21.1 Å². The zero-order valence-corrected chi connectivity index (χ0v) is 42.6. The van der Waals surface area contributed by atoms with Crippen molar-refractivity contribution in [2.75, 3.05) is 39.3 Å². The van der Waals surface area contributed by atoms with Crippen LogP contribution in [0.15, 0.2) is 30.3 Å². The van der Waals surface area contributed by atoms with E-state index in [-0.39, 0.29) is 21.1 Å². The minimum atomic E-state index is 0. The van der Waals surface area contributed by atoms with E-state index >= 15 is 0 Å². The Bertz CT molecular complexity index is 899. The summed E-state index contributed by atoms with van der Waals surface area (Å²) < 4.78 is 0. The van der Waals surface area contributed by atoms with Gasteiger partial charge >= 0.3 is 21.1 Å². The number of nitrogens with zero attached hydrogens (tertiary/aromatic N) is 2. The molecule has 0 amide bonds. The van der Waals surface area contributed by atoms with Gasteiger partial charge in [0.2, 0.25) is 0 Å². The van der Waals surface area contributed by atoms with Crippen LogP contribution in [0.3, 0.4) is 0 Å². The van der Waals surface area contributed by atoms with Crippen LogP contribution in [0.25, 0.3) is 0 Å². The summed E-state index contributed by atoms with van der Waals surface area (Å²) in [4.78, 5) is 5.40. The number of hydrogen-bond donors (Lipinski definition) is 0. The average Bonchev–Trinajstić information content (AvgIpc) is 2.99. The van der Waals surface area contributed by atoms with Crippen LogP contribution in [-0.2, 0) is 27.5 Å². The molecule has 2 saturated heterocycles. The van der Waals surface area contributed by atoms with E-state index in [0.717, 1.165) is 37.0 Å². The minimum Gasteiger partial charge on any atom is -0.343 e. The van der Waals surface area contributed by atoms with E-state index in [1.165, 1.54) is 89.8 Å². The second-order valence-electron chi connectivity index (χ2n) is 22.7. The molecule has 0 spiro atoms. The van der Waals surface area contributed by atoms with Gasteiger partial charge in [-0.05, 0) is 103 Å². The summed E-state index contributed by atoms with van der Waals surface area (Å²) in [7, 11) is 0. The molecule has 2 aliphatic heterocycles. The van der Waals surface area contributed by atoms with Crippen LogP contribution in [0.1, 0.15) is 188 Å². The van der Waals surface area contributed by atoms with Crippen molar-refractivity contribution in [2.24, 2.45) is 44.8 Å². The fourth-order valence-corrected chi connectivity index (χ4v) is 6.37. The smallest absolute Gasteiger partial charge is 0.343 e. The molecule has 2 nitrogen and oxygen atoms in total. The summed E-state index contributed by atoms with van der Waals surface area (Å²) in [6.07, 6.45) is 12.9. The fourth-order valence-electron chi connectivity index (χ4n) is 6.37. The largest absolute Gasteiger partial charge is 2.00 e. The van der Waals surface area contributed by atoms with Gasteiger partial charge in [0.15, 0.2) is 0 Å². The maximum atomic E-state index is 3.79. The van der Waals surface area contributed by atoms with Gasteiger partial charge in [0.25, 0.3) is 0 Å². The van der Waals surface area contributed by atoms with Crippen molar-refractivity contribution in [3.8, 4) is 0 Å². The predicted octanol–water partition coefficient (Wildman–Crippen LogP) is 15.1. The van der Waals surface area contributed by atoms with Gasteiger partial charge in [0, 0.05) is 13.1 Å². The molecule has 1 aromatic rings. The molecule has 0 radical (unpaired) electrons. The van der Waals surface area contributed by atoms with Crippen LogP contribution in [0, 0.1) is 58.7 Å². The van der Waals surface area contributed by atoms with E-state index in [9.17, 15) is 0 Å². The fraction of sp³-hybridized carbons (Fsp3) is 0.840. The van der Waals surface area contributed by atoms with Crippen molar-refractivity contribution in [1.29, 1.82) is 0 Å². The SMILES string of the molecule is CC(C)(C)CN1CCC(C2CCN(CC(C)(C)C)CC2)CC1.CC(C)(C)Cc1ccccc1.CCC(C)(C)C.[CH2-]CC(C)C.[CH2-]CCCC(C)(C)C.[W+2]. The minimum absolute atomic E-state index is 0. The average molecular weight is 911 g/mol. The second kappa shape index (κ2) is 28.3. The maximum Gasteiger partial charge on any atom is 2.00 e. The zero-order chi connectivity index (χ0) is 40.8. The molecule has 0 aliphatic carbocycles. The van der Waals surface area contributed by atoms with Gasteiger partial charge in [0.1, 0.15) is 0 Å². The Balaban J connectivity index is -0.000000675. The first kappa shape index (κ1) is 57.2. The van der Waals surface area contributed by atoms with Gasteiger partial charge < -0.3 is 23.6 Å². The Morgan fingerprint density at radius 3 is 1.13 bits per heavy atom. The summed E-state index contributed by atoms with van der Waals surface area (Å²) in [6.45, 7) is 56.4. The molecule has 2 aliphatic rings. The first-order chi connectivity index (χ1) is 23.6. The summed E-state index contributed by atoms with van der Waals surface area (Å²) in [5.74, 6) is 2.79. The molecular weight excluding hydrogens is 812 g/mol.